The highest BCUT2D eigenvalue weighted by molar-refractivity contribution is 5.90. The molecule has 0 spiro atoms. The van der Waals surface area contributed by atoms with Crippen molar-refractivity contribution in [2.24, 2.45) is 0 Å². The number of hydrogen-bond acceptors (Lipinski definition) is 5. The first kappa shape index (κ1) is 16.4. The van der Waals surface area contributed by atoms with E-state index in [0.717, 1.165) is 13.1 Å². The van der Waals surface area contributed by atoms with Gasteiger partial charge >= 0.3 is 6.03 Å². The number of piperazine rings is 1. The summed E-state index contributed by atoms with van der Waals surface area (Å²) in [5.41, 5.74) is 0.638. The number of ether oxygens (including phenoxy) is 2. The van der Waals surface area contributed by atoms with Crippen molar-refractivity contribution < 1.29 is 19.4 Å². The van der Waals surface area contributed by atoms with Crippen LogP contribution in [-0.4, -0.2) is 74.5 Å². The Labute approximate surface area is 130 Å². The van der Waals surface area contributed by atoms with Gasteiger partial charge in [-0.15, -0.1) is 0 Å². The van der Waals surface area contributed by atoms with Crippen molar-refractivity contribution in [1.82, 2.24) is 9.80 Å². The molecule has 1 aromatic carbocycles. The maximum absolute atomic E-state index is 12.3. The van der Waals surface area contributed by atoms with Gasteiger partial charge in [0.05, 0.1) is 20.8 Å². The van der Waals surface area contributed by atoms with Crippen LogP contribution in [0.2, 0.25) is 0 Å². The van der Waals surface area contributed by atoms with Gasteiger partial charge in [0.1, 0.15) is 11.5 Å². The summed E-state index contributed by atoms with van der Waals surface area (Å²) in [6.07, 6.45) is 0. The van der Waals surface area contributed by atoms with Crippen LogP contribution in [0.15, 0.2) is 18.2 Å². The Kier molecular flexibility index (Phi) is 5.85. The first-order chi connectivity index (χ1) is 10.7. The first-order valence-corrected chi connectivity index (χ1v) is 7.28. The Bertz CT molecular complexity index is 479. The third kappa shape index (κ3) is 4.25. The summed E-state index contributed by atoms with van der Waals surface area (Å²) in [6.45, 7) is 3.64. The van der Waals surface area contributed by atoms with Crippen molar-refractivity contribution in [3.8, 4) is 11.5 Å². The summed E-state index contributed by atoms with van der Waals surface area (Å²) in [5, 5.41) is 11.8. The van der Waals surface area contributed by atoms with E-state index >= 15 is 0 Å². The number of nitrogens with zero attached hydrogens (tertiary/aromatic N) is 2. The second-order valence-corrected chi connectivity index (χ2v) is 5.08. The van der Waals surface area contributed by atoms with E-state index in [1.807, 2.05) is 0 Å². The van der Waals surface area contributed by atoms with Crippen LogP contribution in [0.4, 0.5) is 10.5 Å². The van der Waals surface area contributed by atoms with Gasteiger partial charge in [-0.3, -0.25) is 4.90 Å². The van der Waals surface area contributed by atoms with Crippen LogP contribution in [0, 0.1) is 0 Å². The van der Waals surface area contributed by atoms with Gasteiger partial charge in [0.2, 0.25) is 0 Å². The predicted molar refractivity (Wildman–Crippen MR) is 83.7 cm³/mol. The summed E-state index contributed by atoms with van der Waals surface area (Å²) >= 11 is 0. The number of amides is 2. The lowest BCUT2D eigenvalue weighted by atomic mass is 10.2. The molecule has 1 aliphatic heterocycles. The molecule has 0 saturated carbocycles. The number of carbonyl (C=O) groups excluding carboxylic acids is 1. The van der Waals surface area contributed by atoms with Crippen molar-refractivity contribution in [3.05, 3.63) is 18.2 Å². The zero-order valence-corrected chi connectivity index (χ0v) is 13.0. The monoisotopic (exact) mass is 309 g/mol. The molecule has 0 radical (unpaired) electrons. The predicted octanol–water partition coefficient (Wildman–Crippen LogP) is 0.846. The smallest absolute Gasteiger partial charge is 0.321 e. The van der Waals surface area contributed by atoms with E-state index in [2.05, 4.69) is 10.2 Å². The standard InChI is InChI=1S/C15H23N3O4/c1-21-13-9-12(10-14(11-13)22-2)16-15(20)18-5-3-17(4-6-18)7-8-19/h9-11,19H,3-8H2,1-2H3,(H,16,20). The highest BCUT2D eigenvalue weighted by Gasteiger charge is 2.20. The molecule has 1 aromatic rings. The molecule has 7 heteroatoms. The average molecular weight is 309 g/mol. The molecule has 0 unspecified atom stereocenters. The number of β-amino-alcohol motifs (C(OH)–C–C–N with tert-alkyl or cyclic N) is 1. The Morgan fingerprint density at radius 2 is 1.73 bits per heavy atom. The molecular formula is C15H23N3O4. The molecule has 7 nitrogen and oxygen atoms in total. The van der Waals surface area contributed by atoms with E-state index in [-0.39, 0.29) is 12.6 Å². The maximum Gasteiger partial charge on any atom is 0.321 e. The maximum atomic E-state index is 12.3. The highest BCUT2D eigenvalue weighted by atomic mass is 16.5. The van der Waals surface area contributed by atoms with Crippen molar-refractivity contribution in [3.63, 3.8) is 0 Å². The summed E-state index contributed by atoms with van der Waals surface area (Å²) in [4.78, 5) is 16.2. The second-order valence-electron chi connectivity index (χ2n) is 5.08. The van der Waals surface area contributed by atoms with E-state index in [1.54, 1.807) is 37.3 Å². The van der Waals surface area contributed by atoms with Gasteiger partial charge in [-0.05, 0) is 0 Å². The Morgan fingerprint density at radius 3 is 2.23 bits per heavy atom. The number of urea groups is 1. The normalized spacial score (nSPS) is 15.5. The summed E-state index contributed by atoms with van der Waals surface area (Å²) < 4.78 is 10.4. The molecule has 22 heavy (non-hydrogen) atoms. The molecule has 1 heterocycles. The molecule has 2 rings (SSSR count). The second kappa shape index (κ2) is 7.86. The minimum atomic E-state index is -0.140. The first-order valence-electron chi connectivity index (χ1n) is 7.28. The van der Waals surface area contributed by atoms with Crippen LogP contribution in [0.25, 0.3) is 0 Å². The molecule has 0 aromatic heterocycles. The van der Waals surface area contributed by atoms with Crippen molar-refractivity contribution in [2.45, 2.75) is 0 Å². The lowest BCUT2D eigenvalue weighted by Crippen LogP contribution is -2.50. The number of aliphatic hydroxyl groups is 1. The van der Waals surface area contributed by atoms with E-state index in [4.69, 9.17) is 14.6 Å². The number of nitrogens with one attached hydrogen (secondary N) is 1. The SMILES string of the molecule is COc1cc(NC(=O)N2CCN(CCO)CC2)cc(OC)c1. The van der Waals surface area contributed by atoms with Crippen LogP contribution in [-0.2, 0) is 0 Å². The third-order valence-corrected chi connectivity index (χ3v) is 3.68. The largest absolute Gasteiger partial charge is 0.497 e. The fraction of sp³-hybridized carbons (Fsp3) is 0.533. The molecule has 0 bridgehead atoms. The highest BCUT2D eigenvalue weighted by Crippen LogP contribution is 2.26. The van der Waals surface area contributed by atoms with Crippen LogP contribution in [0.3, 0.4) is 0 Å². The van der Waals surface area contributed by atoms with Crippen LogP contribution in [0.5, 0.6) is 11.5 Å². The molecule has 2 amide bonds. The van der Waals surface area contributed by atoms with Crippen molar-refractivity contribution in [1.29, 1.82) is 0 Å². The van der Waals surface area contributed by atoms with E-state index in [1.165, 1.54) is 0 Å². The lowest BCUT2D eigenvalue weighted by molar-refractivity contribution is 0.127. The Morgan fingerprint density at radius 1 is 1.14 bits per heavy atom. The summed E-state index contributed by atoms with van der Waals surface area (Å²) in [6, 6.07) is 5.12. The topological polar surface area (TPSA) is 74.3 Å². The molecule has 1 aliphatic rings. The Balaban J connectivity index is 1.95. The number of carbonyl (C=O) groups is 1. The molecule has 0 atom stereocenters. The number of anilines is 1. The fourth-order valence-electron chi connectivity index (χ4n) is 2.40. The van der Waals surface area contributed by atoms with Crippen LogP contribution in [0.1, 0.15) is 0 Å². The number of benzene rings is 1. The number of hydrogen-bond donors (Lipinski definition) is 2. The zero-order valence-electron chi connectivity index (χ0n) is 13.0. The number of rotatable bonds is 5. The van der Waals surface area contributed by atoms with Crippen LogP contribution < -0.4 is 14.8 Å². The van der Waals surface area contributed by atoms with E-state index in [9.17, 15) is 4.79 Å². The van der Waals surface area contributed by atoms with Gasteiger partial charge in [0, 0.05) is 56.6 Å². The Hall–Kier alpha value is -1.99. The molecule has 1 saturated heterocycles. The summed E-state index contributed by atoms with van der Waals surface area (Å²) in [5.74, 6) is 1.25. The third-order valence-electron chi connectivity index (χ3n) is 3.68. The van der Waals surface area contributed by atoms with Gasteiger partial charge in [-0.25, -0.2) is 4.79 Å². The van der Waals surface area contributed by atoms with Gasteiger partial charge in [-0.2, -0.15) is 0 Å². The van der Waals surface area contributed by atoms with E-state index < -0.39 is 0 Å². The quantitative estimate of drug-likeness (QED) is 0.843. The van der Waals surface area contributed by atoms with Gasteiger partial charge in [0.25, 0.3) is 0 Å². The number of aliphatic hydroxyl groups excluding tert-OH is 1. The van der Waals surface area contributed by atoms with Gasteiger partial charge in [0.15, 0.2) is 0 Å². The van der Waals surface area contributed by atoms with Crippen molar-refractivity contribution in [2.75, 3.05) is 58.9 Å². The average Bonchev–Trinajstić information content (AvgIpc) is 2.55. The molecule has 0 aliphatic carbocycles. The lowest BCUT2D eigenvalue weighted by Gasteiger charge is -2.34. The van der Waals surface area contributed by atoms with Gasteiger partial charge in [-0.1, -0.05) is 0 Å². The fourth-order valence-corrected chi connectivity index (χ4v) is 2.40. The van der Waals surface area contributed by atoms with E-state index in [0.29, 0.717) is 36.8 Å². The molecular weight excluding hydrogens is 286 g/mol. The van der Waals surface area contributed by atoms with Crippen LogP contribution >= 0.6 is 0 Å². The minimum absolute atomic E-state index is 0.140. The molecule has 1 fully saturated rings. The zero-order chi connectivity index (χ0) is 15.9. The number of methoxy groups -OCH3 is 2. The van der Waals surface area contributed by atoms with Gasteiger partial charge < -0.3 is 24.8 Å². The van der Waals surface area contributed by atoms with Crippen molar-refractivity contribution >= 4 is 11.7 Å². The summed E-state index contributed by atoms with van der Waals surface area (Å²) in [7, 11) is 3.14. The molecule has 122 valence electrons. The molecule has 2 N–H and O–H groups in total. The minimum Gasteiger partial charge on any atom is -0.497 e.